The van der Waals surface area contributed by atoms with Gasteiger partial charge in [-0.15, -0.1) is 13.2 Å². The number of aliphatic imine (C=N–C) groups is 1. The molecule has 0 saturated carbocycles. The molecule has 0 amide bonds. The fraction of sp³-hybridized carbons (Fsp3) is 0.480. The van der Waals surface area contributed by atoms with E-state index in [1.165, 1.54) is 24.6 Å². The second-order valence-corrected chi connectivity index (χ2v) is 8.23. The molecule has 186 valence electrons. The zero-order valence-corrected chi connectivity index (χ0v) is 19.5. The van der Waals surface area contributed by atoms with E-state index < -0.39 is 6.36 Å². The summed E-state index contributed by atoms with van der Waals surface area (Å²) < 4.78 is 47.0. The monoisotopic (exact) mass is 478 g/mol. The number of guanidine groups is 1. The number of benzene rings is 2. The molecular weight excluding hydrogens is 445 g/mol. The van der Waals surface area contributed by atoms with Crippen molar-refractivity contribution in [1.82, 2.24) is 4.90 Å². The lowest BCUT2D eigenvalue weighted by molar-refractivity contribution is -0.274. The first-order valence-corrected chi connectivity index (χ1v) is 11.7. The summed E-state index contributed by atoms with van der Waals surface area (Å²) in [7, 11) is 0. The largest absolute Gasteiger partial charge is 0.573 e. The topological polar surface area (TPSA) is 72.1 Å². The van der Waals surface area contributed by atoms with E-state index in [9.17, 15) is 13.2 Å². The van der Waals surface area contributed by atoms with Gasteiger partial charge >= 0.3 is 6.36 Å². The highest BCUT2D eigenvalue weighted by Crippen LogP contribution is 2.25. The van der Waals surface area contributed by atoms with Crippen LogP contribution in [0, 0.1) is 0 Å². The maximum Gasteiger partial charge on any atom is 0.573 e. The fourth-order valence-corrected chi connectivity index (χ4v) is 3.94. The number of alkyl halides is 3. The Bertz CT molecular complexity index is 919. The predicted molar refractivity (Wildman–Crippen MR) is 128 cm³/mol. The normalized spacial score (nSPS) is 16.9. The van der Waals surface area contributed by atoms with Crippen molar-refractivity contribution in [3.05, 3.63) is 54.1 Å². The Morgan fingerprint density at radius 1 is 1.15 bits per heavy atom. The summed E-state index contributed by atoms with van der Waals surface area (Å²) >= 11 is 0. The van der Waals surface area contributed by atoms with Gasteiger partial charge in [-0.05, 0) is 80.6 Å². The molecule has 1 aliphatic rings. The molecule has 3 N–H and O–H groups in total. The van der Waals surface area contributed by atoms with E-state index in [2.05, 4.69) is 21.9 Å². The molecule has 2 aromatic rings. The zero-order chi connectivity index (χ0) is 24.4. The first kappa shape index (κ1) is 25.7. The van der Waals surface area contributed by atoms with Gasteiger partial charge in [-0.25, -0.2) is 0 Å². The van der Waals surface area contributed by atoms with Crippen molar-refractivity contribution >= 4 is 11.6 Å². The van der Waals surface area contributed by atoms with Crippen LogP contribution in [0.3, 0.4) is 0 Å². The lowest BCUT2D eigenvalue weighted by Crippen LogP contribution is -2.46. The van der Waals surface area contributed by atoms with Crippen molar-refractivity contribution in [2.24, 2.45) is 10.7 Å². The fourth-order valence-electron chi connectivity index (χ4n) is 3.94. The van der Waals surface area contributed by atoms with E-state index in [-0.39, 0.29) is 12.4 Å². The number of nitrogens with two attached hydrogens (primary N) is 1. The molecule has 1 fully saturated rings. The summed E-state index contributed by atoms with van der Waals surface area (Å²) in [6.07, 6.45) is 0.728. The molecule has 1 saturated heterocycles. The number of nitrogens with one attached hydrogen (secondary N) is 1. The third kappa shape index (κ3) is 8.13. The van der Waals surface area contributed by atoms with Gasteiger partial charge in [0, 0.05) is 24.8 Å². The summed E-state index contributed by atoms with van der Waals surface area (Å²) in [5.74, 6) is 1.21. The third-order valence-electron chi connectivity index (χ3n) is 5.64. The lowest BCUT2D eigenvalue weighted by atomic mass is 10.0. The molecule has 9 heteroatoms. The molecular formula is C25H33F3N4O2. The molecule has 1 atom stereocenters. The molecule has 6 nitrogen and oxygen atoms in total. The number of hydrogen-bond acceptors (Lipinski definition) is 4. The van der Waals surface area contributed by atoms with E-state index in [1.54, 1.807) is 6.07 Å². The summed E-state index contributed by atoms with van der Waals surface area (Å²) in [4.78, 5) is 7.15. The number of likely N-dealkylation sites (tertiary alicyclic amines) is 1. The van der Waals surface area contributed by atoms with Crippen LogP contribution < -0.4 is 20.5 Å². The SMILES string of the molecule is CCC1CCCCN1C(=NCCCN)Nc1ccc(OCc2cccc(OC(F)(F)F)c2)cc1. The minimum absolute atomic E-state index is 0.125. The second-order valence-electron chi connectivity index (χ2n) is 8.23. The minimum atomic E-state index is -4.72. The Labute approximate surface area is 198 Å². The van der Waals surface area contributed by atoms with Crippen molar-refractivity contribution < 1.29 is 22.6 Å². The number of ether oxygens (including phenoxy) is 2. The van der Waals surface area contributed by atoms with E-state index >= 15 is 0 Å². The van der Waals surface area contributed by atoms with Crippen LogP contribution in [-0.2, 0) is 6.61 Å². The molecule has 0 spiro atoms. The molecule has 1 aliphatic heterocycles. The van der Waals surface area contributed by atoms with Crippen molar-refractivity contribution in [2.75, 3.05) is 25.0 Å². The molecule has 0 radical (unpaired) electrons. The molecule has 0 bridgehead atoms. The van der Waals surface area contributed by atoms with Gasteiger partial charge in [0.15, 0.2) is 5.96 Å². The van der Waals surface area contributed by atoms with Gasteiger partial charge in [0.05, 0.1) is 0 Å². The Morgan fingerprint density at radius 3 is 2.65 bits per heavy atom. The maximum absolute atomic E-state index is 12.4. The number of hydrogen-bond donors (Lipinski definition) is 2. The van der Waals surface area contributed by atoms with Crippen LogP contribution in [0.25, 0.3) is 0 Å². The van der Waals surface area contributed by atoms with Gasteiger partial charge in [-0.2, -0.15) is 0 Å². The quantitative estimate of drug-likeness (QED) is 0.281. The molecule has 1 heterocycles. The van der Waals surface area contributed by atoms with Gasteiger partial charge in [-0.1, -0.05) is 19.1 Å². The van der Waals surface area contributed by atoms with Crippen LogP contribution >= 0.6 is 0 Å². The first-order chi connectivity index (χ1) is 16.4. The van der Waals surface area contributed by atoms with E-state index in [0.29, 0.717) is 30.4 Å². The summed E-state index contributed by atoms with van der Waals surface area (Å²) in [6, 6.07) is 13.7. The zero-order valence-electron chi connectivity index (χ0n) is 19.5. The lowest BCUT2D eigenvalue weighted by Gasteiger charge is -2.37. The van der Waals surface area contributed by atoms with Crippen LogP contribution in [0.2, 0.25) is 0 Å². The highest BCUT2D eigenvalue weighted by molar-refractivity contribution is 5.94. The Kier molecular flexibility index (Phi) is 9.44. The number of anilines is 1. The van der Waals surface area contributed by atoms with Crippen molar-refractivity contribution in [2.45, 2.75) is 58.0 Å². The van der Waals surface area contributed by atoms with E-state index in [1.807, 2.05) is 24.3 Å². The van der Waals surface area contributed by atoms with Crippen LogP contribution in [0.15, 0.2) is 53.5 Å². The minimum Gasteiger partial charge on any atom is -0.489 e. The molecule has 1 unspecified atom stereocenters. The molecule has 3 rings (SSSR count). The standard InChI is InChI=1S/C25H33F3N4O2/c1-2-21-8-3-4-16-32(21)24(30-15-6-14-29)31-20-10-12-22(13-11-20)33-18-19-7-5-9-23(17-19)34-25(26,27)28/h5,7,9-13,17,21H,2-4,6,8,14-16,18,29H2,1H3,(H,30,31). The van der Waals surface area contributed by atoms with Gasteiger partial charge in [0.2, 0.25) is 0 Å². The highest BCUT2D eigenvalue weighted by Gasteiger charge is 2.31. The van der Waals surface area contributed by atoms with Crippen molar-refractivity contribution in [3.8, 4) is 11.5 Å². The number of halogens is 3. The Hall–Kier alpha value is -2.94. The van der Waals surface area contributed by atoms with Gasteiger partial charge < -0.3 is 25.4 Å². The van der Waals surface area contributed by atoms with E-state index in [0.717, 1.165) is 43.9 Å². The highest BCUT2D eigenvalue weighted by atomic mass is 19.4. The molecule has 34 heavy (non-hydrogen) atoms. The molecule has 0 aromatic heterocycles. The summed E-state index contributed by atoms with van der Waals surface area (Å²) in [5.41, 5.74) is 7.11. The number of rotatable bonds is 9. The average Bonchev–Trinajstić information content (AvgIpc) is 2.82. The molecule has 0 aliphatic carbocycles. The Morgan fingerprint density at radius 2 is 1.94 bits per heavy atom. The Balaban J connectivity index is 1.62. The van der Waals surface area contributed by atoms with Crippen LogP contribution in [0.5, 0.6) is 11.5 Å². The smallest absolute Gasteiger partial charge is 0.489 e. The van der Waals surface area contributed by atoms with Crippen molar-refractivity contribution in [1.29, 1.82) is 0 Å². The van der Waals surface area contributed by atoms with Gasteiger partial charge in [0.1, 0.15) is 18.1 Å². The van der Waals surface area contributed by atoms with E-state index in [4.69, 9.17) is 15.5 Å². The van der Waals surface area contributed by atoms with Gasteiger partial charge in [-0.3, -0.25) is 4.99 Å². The van der Waals surface area contributed by atoms with Gasteiger partial charge in [0.25, 0.3) is 0 Å². The third-order valence-corrected chi connectivity index (χ3v) is 5.64. The molecule has 2 aromatic carbocycles. The predicted octanol–water partition coefficient (Wildman–Crippen LogP) is 5.55. The second kappa shape index (κ2) is 12.5. The maximum atomic E-state index is 12.4. The summed E-state index contributed by atoms with van der Waals surface area (Å²) in [5, 5.41) is 3.46. The van der Waals surface area contributed by atoms with Crippen LogP contribution in [0.4, 0.5) is 18.9 Å². The average molecular weight is 479 g/mol. The van der Waals surface area contributed by atoms with Crippen molar-refractivity contribution in [3.63, 3.8) is 0 Å². The van der Waals surface area contributed by atoms with Crippen LogP contribution in [0.1, 0.15) is 44.6 Å². The number of nitrogens with zero attached hydrogens (tertiary/aromatic N) is 2. The summed E-state index contributed by atoms with van der Waals surface area (Å²) in [6.45, 7) is 4.58. The first-order valence-electron chi connectivity index (χ1n) is 11.7. The van der Waals surface area contributed by atoms with Crippen LogP contribution in [-0.4, -0.2) is 42.9 Å². The number of piperidine rings is 1.